The molecule has 1 aliphatic rings. The van der Waals surface area contributed by atoms with Crippen molar-refractivity contribution in [2.75, 3.05) is 39.9 Å². The summed E-state index contributed by atoms with van der Waals surface area (Å²) < 4.78 is 32.1. The minimum absolute atomic E-state index is 0.0467. The fourth-order valence-corrected chi connectivity index (χ4v) is 4.20. The average Bonchev–Trinajstić information content (AvgIpc) is 2.55. The van der Waals surface area contributed by atoms with Gasteiger partial charge in [-0.2, -0.15) is 4.31 Å². The van der Waals surface area contributed by atoms with Gasteiger partial charge < -0.3 is 10.1 Å². The third-order valence-corrected chi connectivity index (χ3v) is 5.72. The van der Waals surface area contributed by atoms with E-state index in [-0.39, 0.29) is 23.4 Å². The van der Waals surface area contributed by atoms with Crippen LogP contribution in [0.5, 0.6) is 0 Å². The monoisotopic (exact) mass is 369 g/mol. The molecule has 0 radical (unpaired) electrons. The van der Waals surface area contributed by atoms with E-state index >= 15 is 0 Å². The number of hydrogen-bond acceptors (Lipinski definition) is 5. The van der Waals surface area contributed by atoms with E-state index < -0.39 is 10.0 Å². The maximum Gasteiger partial charge on any atom is 0.243 e. The van der Waals surface area contributed by atoms with E-state index in [1.165, 1.54) is 4.31 Å². The Morgan fingerprint density at radius 1 is 1.32 bits per heavy atom. The molecule has 7 nitrogen and oxygen atoms in total. The van der Waals surface area contributed by atoms with Crippen molar-refractivity contribution in [3.63, 3.8) is 0 Å². The van der Waals surface area contributed by atoms with E-state index in [4.69, 9.17) is 4.74 Å². The van der Waals surface area contributed by atoms with Crippen LogP contribution in [0.4, 0.5) is 0 Å². The normalized spacial score (nSPS) is 16.4. The van der Waals surface area contributed by atoms with Crippen LogP contribution in [0.1, 0.15) is 19.4 Å². The second-order valence-electron chi connectivity index (χ2n) is 6.56. The van der Waals surface area contributed by atoms with Gasteiger partial charge in [0.2, 0.25) is 15.9 Å². The first-order chi connectivity index (χ1) is 11.8. The van der Waals surface area contributed by atoms with Gasteiger partial charge in [-0.15, -0.1) is 0 Å². The Morgan fingerprint density at radius 2 is 2.00 bits per heavy atom. The summed E-state index contributed by atoms with van der Waals surface area (Å²) in [4.78, 5) is 14.0. The molecule has 1 heterocycles. The van der Waals surface area contributed by atoms with Crippen LogP contribution < -0.4 is 5.32 Å². The maximum atomic E-state index is 12.7. The molecule has 1 N–H and O–H groups in total. The van der Waals surface area contributed by atoms with Crippen LogP contribution in [-0.2, 0) is 26.1 Å². The number of sulfonamides is 1. The van der Waals surface area contributed by atoms with Gasteiger partial charge in [0.1, 0.15) is 0 Å². The fraction of sp³-hybridized carbons (Fsp3) is 0.588. The van der Waals surface area contributed by atoms with Crippen molar-refractivity contribution < 1.29 is 17.9 Å². The van der Waals surface area contributed by atoms with Crippen LogP contribution in [0.25, 0.3) is 0 Å². The fourth-order valence-electron chi connectivity index (χ4n) is 2.72. The summed E-state index contributed by atoms with van der Waals surface area (Å²) >= 11 is 0. The van der Waals surface area contributed by atoms with E-state index in [1.807, 2.05) is 31.9 Å². The zero-order valence-electron chi connectivity index (χ0n) is 15.1. The Morgan fingerprint density at radius 3 is 2.64 bits per heavy atom. The van der Waals surface area contributed by atoms with Gasteiger partial charge in [0.15, 0.2) is 0 Å². The smallest absolute Gasteiger partial charge is 0.243 e. The molecule has 1 aliphatic heterocycles. The van der Waals surface area contributed by atoms with E-state index in [2.05, 4.69) is 5.32 Å². The molecule has 0 saturated carbocycles. The van der Waals surface area contributed by atoms with Crippen molar-refractivity contribution in [2.45, 2.75) is 31.3 Å². The van der Waals surface area contributed by atoms with Crippen LogP contribution in [0, 0.1) is 0 Å². The highest BCUT2D eigenvalue weighted by Crippen LogP contribution is 2.19. The van der Waals surface area contributed by atoms with Gasteiger partial charge in [-0.1, -0.05) is 12.1 Å². The van der Waals surface area contributed by atoms with Crippen LogP contribution in [0.15, 0.2) is 29.2 Å². The van der Waals surface area contributed by atoms with Crippen LogP contribution in [-0.4, -0.2) is 69.5 Å². The number of likely N-dealkylation sites (N-methyl/N-ethyl adjacent to an activating group) is 1. The minimum Gasteiger partial charge on any atom is -0.379 e. The Kier molecular flexibility index (Phi) is 6.95. The molecule has 140 valence electrons. The number of amides is 1. The van der Waals surface area contributed by atoms with Gasteiger partial charge in [-0.05, 0) is 38.6 Å². The molecular formula is C17H27N3O4S. The third-order valence-electron chi connectivity index (χ3n) is 3.82. The van der Waals surface area contributed by atoms with E-state index in [0.29, 0.717) is 32.8 Å². The number of morpholine rings is 1. The minimum atomic E-state index is -3.50. The zero-order valence-corrected chi connectivity index (χ0v) is 15.9. The summed E-state index contributed by atoms with van der Waals surface area (Å²) in [5.41, 5.74) is 0.856. The Bertz CT molecular complexity index is 685. The number of rotatable bonds is 7. The molecule has 8 heteroatoms. The molecule has 1 saturated heterocycles. The third kappa shape index (κ3) is 5.78. The lowest BCUT2D eigenvalue weighted by Crippen LogP contribution is -2.40. The number of hydrogen-bond donors (Lipinski definition) is 1. The quantitative estimate of drug-likeness (QED) is 0.764. The summed E-state index contributed by atoms with van der Waals surface area (Å²) in [5.74, 6) is -0.0467. The lowest BCUT2D eigenvalue weighted by atomic mass is 10.2. The Hall–Kier alpha value is -1.48. The van der Waals surface area contributed by atoms with Crippen LogP contribution in [0.3, 0.4) is 0 Å². The van der Waals surface area contributed by atoms with Crippen LogP contribution >= 0.6 is 0 Å². The molecule has 0 bridgehead atoms. The lowest BCUT2D eigenvalue weighted by molar-refractivity contribution is -0.122. The van der Waals surface area contributed by atoms with Crippen molar-refractivity contribution in [1.29, 1.82) is 0 Å². The van der Waals surface area contributed by atoms with E-state index in [0.717, 1.165) is 5.56 Å². The number of nitrogens with zero attached hydrogens (tertiary/aromatic N) is 2. The molecule has 1 aromatic rings. The molecule has 1 amide bonds. The molecule has 1 fully saturated rings. The van der Waals surface area contributed by atoms with Gasteiger partial charge in [0.25, 0.3) is 0 Å². The maximum absolute atomic E-state index is 12.7. The summed E-state index contributed by atoms with van der Waals surface area (Å²) in [5, 5.41) is 2.84. The molecule has 0 spiro atoms. The predicted octanol–water partition coefficient (Wildman–Crippen LogP) is 0.664. The van der Waals surface area contributed by atoms with Gasteiger partial charge in [-0.25, -0.2) is 8.42 Å². The number of carbonyl (C=O) groups is 1. The van der Waals surface area contributed by atoms with Gasteiger partial charge in [-0.3, -0.25) is 9.69 Å². The standard InChI is InChI=1S/C17H27N3O4S/c1-14(2)18-17(21)13-19(3)12-15-5-4-6-16(11-15)25(22,23)20-7-9-24-10-8-20/h4-6,11,14H,7-10,12-13H2,1-3H3,(H,18,21). The summed E-state index contributed by atoms with van der Waals surface area (Å²) in [6.07, 6.45) is 0. The van der Waals surface area contributed by atoms with Crippen molar-refractivity contribution >= 4 is 15.9 Å². The van der Waals surface area contributed by atoms with Crippen molar-refractivity contribution in [2.24, 2.45) is 0 Å². The predicted molar refractivity (Wildman–Crippen MR) is 95.6 cm³/mol. The highest BCUT2D eigenvalue weighted by atomic mass is 32.2. The first kappa shape index (κ1) is 19.8. The van der Waals surface area contributed by atoms with Crippen LogP contribution in [0.2, 0.25) is 0 Å². The first-order valence-electron chi connectivity index (χ1n) is 8.44. The van der Waals surface area contributed by atoms with Crippen molar-refractivity contribution in [3.8, 4) is 0 Å². The topological polar surface area (TPSA) is 79.0 Å². The van der Waals surface area contributed by atoms with E-state index in [9.17, 15) is 13.2 Å². The largest absolute Gasteiger partial charge is 0.379 e. The SMILES string of the molecule is CC(C)NC(=O)CN(C)Cc1cccc(S(=O)(=O)N2CCOCC2)c1. The lowest BCUT2D eigenvalue weighted by Gasteiger charge is -2.26. The van der Waals surface area contributed by atoms with Crippen molar-refractivity contribution in [1.82, 2.24) is 14.5 Å². The Labute approximate surface area is 150 Å². The number of ether oxygens (including phenoxy) is 1. The van der Waals surface area contributed by atoms with Crippen molar-refractivity contribution in [3.05, 3.63) is 29.8 Å². The molecule has 0 unspecified atom stereocenters. The molecular weight excluding hydrogens is 342 g/mol. The highest BCUT2D eigenvalue weighted by Gasteiger charge is 2.26. The summed E-state index contributed by atoms with van der Waals surface area (Å²) in [6.45, 7) is 6.19. The summed E-state index contributed by atoms with van der Waals surface area (Å²) in [7, 11) is -1.67. The average molecular weight is 369 g/mol. The second kappa shape index (κ2) is 8.75. The van der Waals surface area contributed by atoms with E-state index in [1.54, 1.807) is 18.2 Å². The highest BCUT2D eigenvalue weighted by molar-refractivity contribution is 7.89. The summed E-state index contributed by atoms with van der Waals surface area (Å²) in [6, 6.07) is 7.00. The first-order valence-corrected chi connectivity index (χ1v) is 9.88. The molecule has 0 aromatic heterocycles. The molecule has 0 aliphatic carbocycles. The Balaban J connectivity index is 2.04. The molecule has 0 atom stereocenters. The number of nitrogens with one attached hydrogen (secondary N) is 1. The van der Waals surface area contributed by atoms with Gasteiger partial charge in [0, 0.05) is 25.7 Å². The number of benzene rings is 1. The second-order valence-corrected chi connectivity index (χ2v) is 8.50. The van der Waals surface area contributed by atoms with Gasteiger partial charge in [0.05, 0.1) is 24.7 Å². The molecule has 2 rings (SSSR count). The number of carbonyl (C=O) groups excluding carboxylic acids is 1. The van der Waals surface area contributed by atoms with Gasteiger partial charge >= 0.3 is 0 Å². The molecule has 25 heavy (non-hydrogen) atoms. The zero-order chi connectivity index (χ0) is 18.4. The molecule has 1 aromatic carbocycles.